The number of fused-ring (bicyclic) bond motifs is 1. The van der Waals surface area contributed by atoms with E-state index in [1.165, 1.54) is 25.3 Å². The molecule has 34 heavy (non-hydrogen) atoms. The molecule has 172 valence electrons. The van der Waals surface area contributed by atoms with E-state index in [1.54, 1.807) is 18.2 Å². The summed E-state index contributed by atoms with van der Waals surface area (Å²) in [5.74, 6) is -0.115. The highest BCUT2D eigenvalue weighted by atomic mass is 35.5. The van der Waals surface area contributed by atoms with Crippen molar-refractivity contribution in [3.8, 4) is 11.5 Å². The number of nitro groups is 1. The monoisotopic (exact) mass is 479 g/mol. The molecule has 0 saturated carbocycles. The van der Waals surface area contributed by atoms with Crippen LogP contribution in [-0.2, 0) is 6.61 Å². The number of hydrogen-bond donors (Lipinski definition) is 1. The van der Waals surface area contributed by atoms with Gasteiger partial charge < -0.3 is 13.9 Å². The van der Waals surface area contributed by atoms with Crippen molar-refractivity contribution in [1.29, 1.82) is 0 Å². The topological polar surface area (TPSA) is 116 Å². The zero-order valence-corrected chi connectivity index (χ0v) is 18.6. The summed E-state index contributed by atoms with van der Waals surface area (Å²) in [7, 11) is 1.42. The number of furan rings is 1. The number of nitrogens with zero attached hydrogens (tertiary/aromatic N) is 2. The Morgan fingerprint density at radius 1 is 1.15 bits per heavy atom. The number of carbonyl (C=O) groups excluding carboxylic acids is 1. The Kier molecular flexibility index (Phi) is 6.74. The van der Waals surface area contributed by atoms with Crippen molar-refractivity contribution in [3.63, 3.8) is 0 Å². The van der Waals surface area contributed by atoms with Crippen molar-refractivity contribution in [3.05, 3.63) is 98.8 Å². The third kappa shape index (κ3) is 5.16. The van der Waals surface area contributed by atoms with E-state index in [0.717, 1.165) is 11.8 Å². The van der Waals surface area contributed by atoms with Crippen LogP contribution in [0, 0.1) is 10.1 Å². The molecule has 9 nitrogen and oxygen atoms in total. The van der Waals surface area contributed by atoms with Crippen molar-refractivity contribution >= 4 is 40.4 Å². The summed E-state index contributed by atoms with van der Waals surface area (Å²) >= 11 is 5.95. The third-order valence-electron chi connectivity index (χ3n) is 4.82. The van der Waals surface area contributed by atoms with Gasteiger partial charge in [-0.1, -0.05) is 41.9 Å². The van der Waals surface area contributed by atoms with Gasteiger partial charge in [-0.3, -0.25) is 14.9 Å². The molecule has 0 bridgehead atoms. The summed E-state index contributed by atoms with van der Waals surface area (Å²) in [5.41, 5.74) is 3.54. The molecular formula is C24H18ClN3O6. The molecule has 4 aromatic rings. The van der Waals surface area contributed by atoms with Gasteiger partial charge in [0.15, 0.2) is 17.3 Å². The molecule has 0 spiro atoms. The third-order valence-corrected chi connectivity index (χ3v) is 5.05. The Morgan fingerprint density at radius 2 is 1.94 bits per heavy atom. The van der Waals surface area contributed by atoms with E-state index in [-0.39, 0.29) is 35.1 Å². The van der Waals surface area contributed by atoms with Crippen LogP contribution < -0.4 is 14.9 Å². The van der Waals surface area contributed by atoms with Gasteiger partial charge in [-0.15, -0.1) is 0 Å². The smallest absolute Gasteiger partial charge is 0.307 e. The largest absolute Gasteiger partial charge is 0.493 e. The van der Waals surface area contributed by atoms with Crippen molar-refractivity contribution in [1.82, 2.24) is 5.43 Å². The van der Waals surface area contributed by atoms with Gasteiger partial charge in [-0.05, 0) is 35.9 Å². The number of ether oxygens (including phenoxy) is 2. The number of nitrogens with one attached hydrogen (secondary N) is 1. The van der Waals surface area contributed by atoms with Crippen LogP contribution >= 0.6 is 11.6 Å². The molecule has 3 aromatic carbocycles. The Hall–Kier alpha value is -4.37. The zero-order chi connectivity index (χ0) is 24.1. The maximum absolute atomic E-state index is 12.4. The lowest BCUT2D eigenvalue weighted by Gasteiger charge is -2.12. The van der Waals surface area contributed by atoms with Crippen LogP contribution in [0.5, 0.6) is 11.5 Å². The van der Waals surface area contributed by atoms with E-state index in [1.807, 2.05) is 30.3 Å². The number of hydrazone groups is 1. The van der Waals surface area contributed by atoms with Crippen molar-refractivity contribution in [2.45, 2.75) is 6.61 Å². The van der Waals surface area contributed by atoms with Gasteiger partial charge in [0, 0.05) is 10.4 Å². The molecule has 1 amide bonds. The van der Waals surface area contributed by atoms with Crippen LogP contribution in [0.2, 0.25) is 5.02 Å². The van der Waals surface area contributed by atoms with Crippen LogP contribution in [0.15, 0.2) is 76.2 Å². The molecule has 0 aliphatic rings. The lowest BCUT2D eigenvalue weighted by atomic mass is 10.1. The summed E-state index contributed by atoms with van der Waals surface area (Å²) in [6.45, 7) is 0.209. The first-order valence-electron chi connectivity index (χ1n) is 10.0. The second-order valence-electron chi connectivity index (χ2n) is 7.09. The van der Waals surface area contributed by atoms with Crippen LogP contribution in [0.1, 0.15) is 21.7 Å². The van der Waals surface area contributed by atoms with Gasteiger partial charge in [0.05, 0.1) is 29.9 Å². The van der Waals surface area contributed by atoms with Crippen LogP contribution in [-0.4, -0.2) is 24.2 Å². The average molecular weight is 480 g/mol. The fourth-order valence-electron chi connectivity index (χ4n) is 3.18. The summed E-state index contributed by atoms with van der Waals surface area (Å²) < 4.78 is 16.5. The van der Waals surface area contributed by atoms with Crippen LogP contribution in [0.25, 0.3) is 11.0 Å². The quantitative estimate of drug-likeness (QED) is 0.207. The molecule has 10 heteroatoms. The van der Waals surface area contributed by atoms with Crippen molar-refractivity contribution < 1.29 is 23.6 Å². The number of halogens is 1. The minimum Gasteiger partial charge on any atom is -0.493 e. The van der Waals surface area contributed by atoms with Gasteiger partial charge in [-0.25, -0.2) is 5.43 Å². The molecule has 0 aliphatic carbocycles. The fraction of sp³-hybridized carbons (Fsp3) is 0.0833. The van der Waals surface area contributed by atoms with E-state index in [2.05, 4.69) is 10.5 Å². The van der Waals surface area contributed by atoms with Gasteiger partial charge in [0.2, 0.25) is 0 Å². The predicted molar refractivity (Wildman–Crippen MR) is 127 cm³/mol. The van der Waals surface area contributed by atoms with E-state index >= 15 is 0 Å². The summed E-state index contributed by atoms with van der Waals surface area (Å²) in [5, 5.41) is 16.6. The fourth-order valence-corrected chi connectivity index (χ4v) is 3.36. The number of nitro benzene ring substituents is 1. The van der Waals surface area contributed by atoms with E-state index in [0.29, 0.717) is 16.0 Å². The van der Waals surface area contributed by atoms with E-state index in [9.17, 15) is 14.9 Å². The Balaban J connectivity index is 1.52. The molecule has 1 aromatic heterocycles. The molecule has 0 saturated heterocycles. The van der Waals surface area contributed by atoms with Gasteiger partial charge in [0.1, 0.15) is 12.2 Å². The van der Waals surface area contributed by atoms with Gasteiger partial charge in [0.25, 0.3) is 5.69 Å². The number of hydrogen-bond acceptors (Lipinski definition) is 7. The van der Waals surface area contributed by atoms with Gasteiger partial charge in [-0.2, -0.15) is 5.10 Å². The normalized spacial score (nSPS) is 11.0. The molecular weight excluding hydrogens is 462 g/mol. The summed E-state index contributed by atoms with van der Waals surface area (Å²) in [4.78, 5) is 23.4. The second kappa shape index (κ2) is 10.1. The predicted octanol–water partition coefficient (Wildman–Crippen LogP) is 5.35. The standard InChI is InChI=1S/C24H18ClN3O6/c1-32-21-11-17(19(28(30)31)12-22(21)33-14-15-5-3-2-4-6-15)13-26-27-24(29)23-10-16-9-18(25)7-8-20(16)34-23/h2-13H,14H2,1H3,(H,27,29)/b26-13+. The van der Waals surface area contributed by atoms with Crippen molar-refractivity contribution in [2.24, 2.45) is 5.10 Å². The lowest BCUT2D eigenvalue weighted by molar-refractivity contribution is -0.385. The minimum absolute atomic E-state index is 0.0196. The lowest BCUT2D eigenvalue weighted by Crippen LogP contribution is -2.16. The molecule has 0 unspecified atom stereocenters. The Morgan fingerprint density at radius 3 is 2.68 bits per heavy atom. The number of benzene rings is 3. The van der Waals surface area contributed by atoms with E-state index < -0.39 is 10.8 Å². The zero-order valence-electron chi connectivity index (χ0n) is 17.9. The highest BCUT2D eigenvalue weighted by molar-refractivity contribution is 6.31. The molecule has 0 atom stereocenters. The van der Waals surface area contributed by atoms with Crippen molar-refractivity contribution in [2.75, 3.05) is 7.11 Å². The van der Waals surface area contributed by atoms with E-state index in [4.69, 9.17) is 25.5 Å². The summed E-state index contributed by atoms with van der Waals surface area (Å²) in [6.07, 6.45) is 1.15. The number of rotatable bonds is 8. The Labute approximate surface area is 198 Å². The Bertz CT molecular complexity index is 1380. The number of amides is 1. The maximum atomic E-state index is 12.4. The molecule has 0 radical (unpaired) electrons. The molecule has 4 rings (SSSR count). The minimum atomic E-state index is -0.624. The molecule has 1 heterocycles. The number of carbonyl (C=O) groups is 1. The highest BCUT2D eigenvalue weighted by Gasteiger charge is 2.19. The first-order chi connectivity index (χ1) is 16.4. The molecule has 0 fully saturated rings. The molecule has 0 aliphatic heterocycles. The van der Waals surface area contributed by atoms with Gasteiger partial charge >= 0.3 is 5.91 Å². The molecule has 1 N–H and O–H groups in total. The average Bonchev–Trinajstić information content (AvgIpc) is 3.26. The maximum Gasteiger partial charge on any atom is 0.307 e. The highest BCUT2D eigenvalue weighted by Crippen LogP contribution is 2.34. The first-order valence-corrected chi connectivity index (χ1v) is 10.4. The van der Waals surface area contributed by atoms with Crippen LogP contribution in [0.4, 0.5) is 5.69 Å². The first kappa shape index (κ1) is 22.8. The van der Waals surface area contributed by atoms with Crippen LogP contribution in [0.3, 0.4) is 0 Å². The SMILES string of the molecule is COc1cc(/C=N/NC(=O)c2cc3cc(Cl)ccc3o2)c([N+](=O)[O-])cc1OCc1ccccc1. The summed E-state index contributed by atoms with van der Waals surface area (Å²) in [6, 6.07) is 18.5. The number of methoxy groups -OCH3 is 1. The second-order valence-corrected chi connectivity index (χ2v) is 7.52.